The fourth-order valence-corrected chi connectivity index (χ4v) is 2.64. The molecule has 0 saturated heterocycles. The Morgan fingerprint density at radius 3 is 2.77 bits per heavy atom. The molecular formula is C19H17ClN2. The predicted octanol–water partition coefficient (Wildman–Crippen LogP) is 4.96. The summed E-state index contributed by atoms with van der Waals surface area (Å²) >= 11 is 5.95. The van der Waals surface area contributed by atoms with Gasteiger partial charge in [0.25, 0.3) is 0 Å². The Morgan fingerprint density at radius 1 is 1.09 bits per heavy atom. The maximum atomic E-state index is 5.95. The van der Waals surface area contributed by atoms with E-state index in [0.717, 1.165) is 16.3 Å². The maximum Gasteiger partial charge on any atom is 0.0596 e. The van der Waals surface area contributed by atoms with Gasteiger partial charge in [-0.05, 0) is 29.8 Å². The zero-order valence-corrected chi connectivity index (χ0v) is 13.2. The molecule has 0 aliphatic carbocycles. The summed E-state index contributed by atoms with van der Waals surface area (Å²) in [5.74, 6) is 0. The molecule has 2 nitrogen and oxygen atoms in total. The largest absolute Gasteiger partial charge is 0.343 e. The lowest BCUT2D eigenvalue weighted by Gasteiger charge is -1.98. The Labute approximate surface area is 135 Å². The highest BCUT2D eigenvalue weighted by Gasteiger charge is 2.01. The van der Waals surface area contributed by atoms with E-state index in [-0.39, 0.29) is 0 Å². The van der Waals surface area contributed by atoms with Crippen LogP contribution in [-0.4, -0.2) is 17.3 Å². The Morgan fingerprint density at radius 2 is 1.95 bits per heavy atom. The predicted molar refractivity (Wildman–Crippen MR) is 95.9 cm³/mol. The van der Waals surface area contributed by atoms with Gasteiger partial charge in [-0.2, -0.15) is 0 Å². The minimum atomic E-state index is 0.647. The van der Waals surface area contributed by atoms with Gasteiger partial charge >= 0.3 is 0 Å². The van der Waals surface area contributed by atoms with E-state index in [1.807, 2.05) is 42.6 Å². The highest BCUT2D eigenvalue weighted by molar-refractivity contribution is 6.30. The topological polar surface area (TPSA) is 17.3 Å². The van der Waals surface area contributed by atoms with Crippen molar-refractivity contribution in [3.05, 3.63) is 77.0 Å². The molecule has 0 amide bonds. The molecule has 0 spiro atoms. The van der Waals surface area contributed by atoms with Crippen LogP contribution < -0.4 is 0 Å². The number of hydrogen-bond acceptors (Lipinski definition) is 1. The Hall–Kier alpha value is -2.32. The van der Waals surface area contributed by atoms with Gasteiger partial charge in [0.1, 0.15) is 0 Å². The van der Waals surface area contributed by atoms with Gasteiger partial charge in [-0.25, -0.2) is 0 Å². The van der Waals surface area contributed by atoms with Crippen LogP contribution in [0.3, 0.4) is 0 Å². The minimum Gasteiger partial charge on any atom is -0.343 e. The average Bonchev–Trinajstić information content (AvgIpc) is 2.84. The lowest BCUT2D eigenvalue weighted by molar-refractivity contribution is 0.957. The summed E-state index contributed by atoms with van der Waals surface area (Å²) in [5.41, 5.74) is 3.42. The highest BCUT2D eigenvalue weighted by atomic mass is 35.5. The quantitative estimate of drug-likeness (QED) is 0.606. The van der Waals surface area contributed by atoms with E-state index in [4.69, 9.17) is 11.6 Å². The summed E-state index contributed by atoms with van der Waals surface area (Å²) in [7, 11) is 2.06. The van der Waals surface area contributed by atoms with Gasteiger partial charge in [0, 0.05) is 29.2 Å². The van der Waals surface area contributed by atoms with Crippen molar-refractivity contribution in [2.75, 3.05) is 6.54 Å². The normalized spacial score (nSPS) is 11.9. The second-order valence-electron chi connectivity index (χ2n) is 5.14. The lowest BCUT2D eigenvalue weighted by Crippen LogP contribution is -1.94. The van der Waals surface area contributed by atoms with E-state index in [0.29, 0.717) is 6.54 Å². The van der Waals surface area contributed by atoms with Crippen LogP contribution in [0.4, 0.5) is 0 Å². The van der Waals surface area contributed by atoms with Crippen LogP contribution in [-0.2, 0) is 7.05 Å². The molecule has 0 unspecified atom stereocenters. The number of aryl methyl sites for hydroxylation is 1. The summed E-state index contributed by atoms with van der Waals surface area (Å²) in [6.45, 7) is 0.647. The van der Waals surface area contributed by atoms with Crippen molar-refractivity contribution < 1.29 is 0 Å². The third-order valence-electron chi connectivity index (χ3n) is 3.58. The Bertz CT molecular complexity index is 844. The molecule has 1 heterocycles. The molecule has 0 saturated carbocycles. The molecule has 22 heavy (non-hydrogen) atoms. The lowest BCUT2D eigenvalue weighted by atomic mass is 10.2. The van der Waals surface area contributed by atoms with Crippen molar-refractivity contribution in [1.82, 2.24) is 4.57 Å². The van der Waals surface area contributed by atoms with Crippen LogP contribution in [0.15, 0.2) is 65.7 Å². The van der Waals surface area contributed by atoms with Crippen LogP contribution in [0.2, 0.25) is 5.02 Å². The molecule has 0 aliphatic rings. The summed E-state index contributed by atoms with van der Waals surface area (Å²) in [4.78, 5) is 4.47. The van der Waals surface area contributed by atoms with E-state index in [1.54, 1.807) is 0 Å². The standard InChI is InChI=1S/C19H17ClN2/c1-22-18(13-16-8-2-3-10-19(16)22)14-21-11-5-7-15-6-4-9-17(20)12-15/h2-10,12-14H,11H2,1H3/b7-5+,21-14?. The molecular weight excluding hydrogens is 292 g/mol. The number of benzene rings is 2. The molecule has 2 aromatic carbocycles. The highest BCUT2D eigenvalue weighted by Crippen LogP contribution is 2.17. The van der Waals surface area contributed by atoms with Gasteiger partial charge in [0.2, 0.25) is 0 Å². The molecule has 0 atom stereocenters. The molecule has 0 aliphatic heterocycles. The molecule has 3 aromatic rings. The van der Waals surface area contributed by atoms with Gasteiger partial charge < -0.3 is 4.57 Å². The van der Waals surface area contributed by atoms with Gasteiger partial charge in [-0.1, -0.05) is 54.1 Å². The van der Waals surface area contributed by atoms with Crippen LogP contribution in [0.5, 0.6) is 0 Å². The Balaban J connectivity index is 1.67. The first-order valence-corrected chi connectivity index (χ1v) is 7.58. The summed E-state index contributed by atoms with van der Waals surface area (Å²) < 4.78 is 2.15. The molecule has 0 radical (unpaired) electrons. The molecule has 3 rings (SSSR count). The first-order chi connectivity index (χ1) is 10.7. The minimum absolute atomic E-state index is 0.647. The Kier molecular flexibility index (Phi) is 4.40. The molecule has 1 aromatic heterocycles. The van der Waals surface area contributed by atoms with Gasteiger partial charge in [-0.3, -0.25) is 4.99 Å². The number of aromatic nitrogens is 1. The number of fused-ring (bicyclic) bond motifs is 1. The maximum absolute atomic E-state index is 5.95. The zero-order valence-electron chi connectivity index (χ0n) is 12.4. The van der Waals surface area contributed by atoms with Crippen LogP contribution in [0.25, 0.3) is 17.0 Å². The number of rotatable bonds is 4. The first kappa shape index (κ1) is 14.6. The van der Waals surface area contributed by atoms with E-state index in [1.165, 1.54) is 10.9 Å². The average molecular weight is 309 g/mol. The fraction of sp³-hybridized carbons (Fsp3) is 0.105. The third kappa shape index (κ3) is 3.29. The summed E-state index contributed by atoms with van der Waals surface area (Å²) in [5, 5.41) is 1.99. The van der Waals surface area contributed by atoms with E-state index >= 15 is 0 Å². The van der Waals surface area contributed by atoms with Crippen molar-refractivity contribution in [1.29, 1.82) is 0 Å². The van der Waals surface area contributed by atoms with Gasteiger partial charge in [-0.15, -0.1) is 0 Å². The zero-order chi connectivity index (χ0) is 15.4. The molecule has 110 valence electrons. The number of hydrogen-bond donors (Lipinski definition) is 0. The van der Waals surface area contributed by atoms with Crippen molar-refractivity contribution >= 4 is 34.8 Å². The molecule has 0 bridgehead atoms. The fourth-order valence-electron chi connectivity index (χ4n) is 2.44. The molecule has 0 fully saturated rings. The monoisotopic (exact) mass is 308 g/mol. The van der Waals surface area contributed by atoms with Crippen molar-refractivity contribution in [3.63, 3.8) is 0 Å². The van der Waals surface area contributed by atoms with Crippen molar-refractivity contribution in [3.8, 4) is 0 Å². The van der Waals surface area contributed by atoms with E-state index in [2.05, 4.69) is 46.9 Å². The van der Waals surface area contributed by atoms with E-state index < -0.39 is 0 Å². The van der Waals surface area contributed by atoms with Gasteiger partial charge in [0.05, 0.1) is 12.2 Å². The number of para-hydroxylation sites is 1. The van der Waals surface area contributed by atoms with Crippen LogP contribution >= 0.6 is 11.6 Å². The van der Waals surface area contributed by atoms with Crippen molar-refractivity contribution in [2.45, 2.75) is 0 Å². The van der Waals surface area contributed by atoms with Gasteiger partial charge in [0.15, 0.2) is 0 Å². The SMILES string of the molecule is Cn1c(C=NC/C=C/c2cccc(Cl)c2)cc2ccccc21. The van der Waals surface area contributed by atoms with Crippen LogP contribution in [0.1, 0.15) is 11.3 Å². The second-order valence-corrected chi connectivity index (χ2v) is 5.58. The number of halogens is 1. The second kappa shape index (κ2) is 6.63. The molecule has 0 N–H and O–H groups in total. The first-order valence-electron chi connectivity index (χ1n) is 7.20. The number of nitrogens with zero attached hydrogens (tertiary/aromatic N) is 2. The summed E-state index contributed by atoms with van der Waals surface area (Å²) in [6, 6.07) is 18.3. The molecule has 3 heteroatoms. The third-order valence-corrected chi connectivity index (χ3v) is 3.82. The van der Waals surface area contributed by atoms with E-state index in [9.17, 15) is 0 Å². The van der Waals surface area contributed by atoms with Crippen LogP contribution in [0, 0.1) is 0 Å². The summed E-state index contributed by atoms with van der Waals surface area (Å²) in [6.07, 6.45) is 5.98. The smallest absolute Gasteiger partial charge is 0.0596 e. The number of aliphatic imine (C=N–C) groups is 1. The van der Waals surface area contributed by atoms with Crippen molar-refractivity contribution in [2.24, 2.45) is 12.0 Å².